The van der Waals surface area contributed by atoms with Gasteiger partial charge in [0.2, 0.25) is 5.91 Å². The van der Waals surface area contributed by atoms with Crippen LogP contribution >= 0.6 is 34.4 Å². The summed E-state index contributed by atoms with van der Waals surface area (Å²) in [5.41, 5.74) is 4.36. The molecule has 0 fully saturated rings. The first-order valence-electron chi connectivity index (χ1n) is 8.24. The smallest absolute Gasteiger partial charge is 0.236 e. The summed E-state index contributed by atoms with van der Waals surface area (Å²) in [5.74, 6) is 0.182. The summed E-state index contributed by atoms with van der Waals surface area (Å²) in [6, 6.07) is 8.41. The monoisotopic (exact) mass is 412 g/mol. The number of fused-ring (bicyclic) bond motifs is 1. The van der Waals surface area contributed by atoms with Crippen molar-refractivity contribution in [1.82, 2.24) is 15.0 Å². The summed E-state index contributed by atoms with van der Waals surface area (Å²) in [7, 11) is 0. The van der Waals surface area contributed by atoms with E-state index >= 15 is 0 Å². The van der Waals surface area contributed by atoms with Gasteiger partial charge in [0, 0.05) is 16.3 Å². The molecule has 0 bridgehead atoms. The number of carbonyl (C=O) groups excluding carboxylic acids is 1. The number of benzene rings is 1. The van der Waals surface area contributed by atoms with Crippen molar-refractivity contribution in [3.8, 4) is 11.1 Å². The van der Waals surface area contributed by atoms with Gasteiger partial charge in [-0.15, -0.1) is 22.7 Å². The van der Waals surface area contributed by atoms with Crippen molar-refractivity contribution in [2.45, 2.75) is 18.9 Å². The van der Waals surface area contributed by atoms with Gasteiger partial charge >= 0.3 is 0 Å². The number of hydrogen-bond acceptors (Lipinski definition) is 7. The van der Waals surface area contributed by atoms with Gasteiger partial charge in [0.05, 0.1) is 16.8 Å². The third-order valence-electron chi connectivity index (χ3n) is 3.90. The van der Waals surface area contributed by atoms with Crippen LogP contribution in [-0.4, -0.2) is 26.6 Å². The molecule has 0 spiro atoms. The molecule has 5 nitrogen and oxygen atoms in total. The summed E-state index contributed by atoms with van der Waals surface area (Å²) >= 11 is 4.44. The van der Waals surface area contributed by atoms with Crippen molar-refractivity contribution < 1.29 is 4.79 Å². The Morgan fingerprint density at radius 3 is 2.67 bits per heavy atom. The highest BCUT2D eigenvalue weighted by Gasteiger charge is 2.15. The predicted octanol–water partition coefficient (Wildman–Crippen LogP) is 5.16. The van der Waals surface area contributed by atoms with Crippen LogP contribution in [0.3, 0.4) is 0 Å². The van der Waals surface area contributed by atoms with Crippen LogP contribution in [0.1, 0.15) is 11.3 Å². The number of rotatable bonds is 5. The van der Waals surface area contributed by atoms with Gasteiger partial charge in [-0.05, 0) is 19.4 Å². The maximum absolute atomic E-state index is 12.3. The second-order valence-electron chi connectivity index (χ2n) is 6.01. The molecule has 0 aliphatic rings. The molecule has 8 heteroatoms. The van der Waals surface area contributed by atoms with Gasteiger partial charge in [-0.1, -0.05) is 41.6 Å². The molecule has 0 radical (unpaired) electrons. The summed E-state index contributed by atoms with van der Waals surface area (Å²) in [6.07, 6.45) is 1.56. The van der Waals surface area contributed by atoms with Crippen molar-refractivity contribution in [1.29, 1.82) is 0 Å². The number of thiophene rings is 1. The van der Waals surface area contributed by atoms with Crippen LogP contribution in [0.4, 0.5) is 5.13 Å². The highest BCUT2D eigenvalue weighted by Crippen LogP contribution is 2.37. The average molecular weight is 413 g/mol. The van der Waals surface area contributed by atoms with Crippen molar-refractivity contribution in [3.63, 3.8) is 0 Å². The number of nitrogens with zero attached hydrogens (tertiary/aromatic N) is 3. The molecule has 0 saturated heterocycles. The number of thioether (sulfide) groups is 1. The van der Waals surface area contributed by atoms with E-state index in [2.05, 4.69) is 56.8 Å². The third kappa shape index (κ3) is 4.02. The Morgan fingerprint density at radius 2 is 1.93 bits per heavy atom. The van der Waals surface area contributed by atoms with Crippen molar-refractivity contribution in [2.24, 2.45) is 0 Å². The molecule has 136 valence electrons. The quantitative estimate of drug-likeness (QED) is 0.362. The number of thiazole rings is 1. The summed E-state index contributed by atoms with van der Waals surface area (Å²) < 4.78 is 0. The Bertz CT molecular complexity index is 1100. The zero-order valence-electron chi connectivity index (χ0n) is 14.7. The summed E-state index contributed by atoms with van der Waals surface area (Å²) in [5, 5.41) is 9.31. The van der Waals surface area contributed by atoms with Gasteiger partial charge in [-0.25, -0.2) is 15.0 Å². The molecule has 0 aliphatic heterocycles. The highest BCUT2D eigenvalue weighted by atomic mass is 32.2. The molecule has 1 amide bonds. The zero-order valence-corrected chi connectivity index (χ0v) is 17.2. The number of anilines is 1. The zero-order chi connectivity index (χ0) is 18.8. The third-order valence-corrected chi connectivity index (χ3v) is 6.65. The Labute approximate surface area is 168 Å². The number of hydrogen-bond donors (Lipinski definition) is 1. The largest absolute Gasteiger partial charge is 0.301 e. The molecule has 0 unspecified atom stereocenters. The van der Waals surface area contributed by atoms with Crippen LogP contribution in [0.25, 0.3) is 21.3 Å². The summed E-state index contributed by atoms with van der Waals surface area (Å²) in [6.45, 7) is 3.98. The van der Waals surface area contributed by atoms with Crippen molar-refractivity contribution >= 4 is 55.7 Å². The number of aromatic nitrogens is 3. The normalized spacial score (nSPS) is 11.0. The second-order valence-corrected chi connectivity index (χ2v) is 8.69. The minimum absolute atomic E-state index is 0.0896. The topological polar surface area (TPSA) is 67.8 Å². The standard InChI is InChI=1S/C19H16N4OS3/c1-11-3-5-13(6-4-11)14-8-25-17-16(14)18(21-10-20-17)26-9-15(24)23-19-22-12(2)7-27-19/h3-8,10H,9H2,1-2H3,(H,22,23,24). The van der Waals surface area contributed by atoms with Gasteiger partial charge in [0.15, 0.2) is 5.13 Å². The highest BCUT2D eigenvalue weighted by molar-refractivity contribution is 8.00. The van der Waals surface area contributed by atoms with E-state index in [-0.39, 0.29) is 11.7 Å². The first-order valence-corrected chi connectivity index (χ1v) is 11.0. The van der Waals surface area contributed by atoms with Gasteiger partial charge < -0.3 is 5.32 Å². The Kier molecular flexibility index (Phi) is 5.20. The number of amides is 1. The maximum Gasteiger partial charge on any atom is 0.236 e. The number of aryl methyl sites for hydroxylation is 2. The lowest BCUT2D eigenvalue weighted by atomic mass is 10.1. The minimum atomic E-state index is -0.0896. The molecular formula is C19H16N4OS3. The molecule has 0 atom stereocenters. The summed E-state index contributed by atoms with van der Waals surface area (Å²) in [4.78, 5) is 26.3. The van der Waals surface area contributed by atoms with E-state index in [1.807, 2.05) is 12.3 Å². The molecule has 0 aliphatic carbocycles. The number of nitrogens with one attached hydrogen (secondary N) is 1. The molecule has 4 aromatic rings. The lowest BCUT2D eigenvalue weighted by molar-refractivity contribution is -0.113. The van der Waals surface area contributed by atoms with Gasteiger partial charge in [-0.2, -0.15) is 0 Å². The molecular weight excluding hydrogens is 396 g/mol. The average Bonchev–Trinajstić information content (AvgIpc) is 3.27. The van der Waals surface area contributed by atoms with E-state index in [4.69, 9.17) is 0 Å². The molecule has 1 N–H and O–H groups in total. The van der Waals surface area contributed by atoms with E-state index in [1.54, 1.807) is 17.7 Å². The van der Waals surface area contributed by atoms with E-state index in [9.17, 15) is 4.79 Å². The Morgan fingerprint density at radius 1 is 1.11 bits per heavy atom. The Balaban J connectivity index is 1.57. The molecule has 0 saturated carbocycles. The van der Waals surface area contributed by atoms with Crippen LogP contribution in [0.15, 0.2) is 46.4 Å². The minimum Gasteiger partial charge on any atom is -0.301 e. The van der Waals surface area contributed by atoms with Crippen molar-refractivity contribution in [2.75, 3.05) is 11.1 Å². The fourth-order valence-corrected chi connectivity index (χ4v) is 5.10. The van der Waals surface area contributed by atoms with Gasteiger partial charge in [-0.3, -0.25) is 4.79 Å². The molecule has 3 heterocycles. The first-order chi connectivity index (χ1) is 13.1. The maximum atomic E-state index is 12.3. The molecule has 1 aromatic carbocycles. The van der Waals surface area contributed by atoms with Crippen LogP contribution in [0.2, 0.25) is 0 Å². The van der Waals surface area contributed by atoms with Crippen LogP contribution in [-0.2, 0) is 4.79 Å². The van der Waals surface area contributed by atoms with E-state index in [0.717, 1.165) is 32.1 Å². The second kappa shape index (κ2) is 7.75. The molecule has 27 heavy (non-hydrogen) atoms. The van der Waals surface area contributed by atoms with Crippen LogP contribution in [0, 0.1) is 13.8 Å². The lowest BCUT2D eigenvalue weighted by Crippen LogP contribution is -2.14. The fraction of sp³-hybridized carbons (Fsp3) is 0.158. The van der Waals surface area contributed by atoms with Crippen LogP contribution in [0.5, 0.6) is 0 Å². The SMILES string of the molecule is Cc1ccc(-c2csc3ncnc(SCC(=O)Nc4nc(C)cs4)c23)cc1. The van der Waals surface area contributed by atoms with E-state index < -0.39 is 0 Å². The predicted molar refractivity (Wildman–Crippen MR) is 114 cm³/mol. The number of carbonyl (C=O) groups is 1. The molecule has 3 aromatic heterocycles. The van der Waals surface area contributed by atoms with Crippen LogP contribution < -0.4 is 5.32 Å². The van der Waals surface area contributed by atoms with E-state index in [1.165, 1.54) is 28.7 Å². The molecule has 4 rings (SSSR count). The Hall–Kier alpha value is -2.29. The lowest BCUT2D eigenvalue weighted by Gasteiger charge is -2.06. The first kappa shape index (κ1) is 18.1. The van der Waals surface area contributed by atoms with Gasteiger partial charge in [0.25, 0.3) is 0 Å². The van der Waals surface area contributed by atoms with Gasteiger partial charge in [0.1, 0.15) is 16.2 Å². The van der Waals surface area contributed by atoms with E-state index in [0.29, 0.717) is 5.13 Å². The van der Waals surface area contributed by atoms with Crippen molar-refractivity contribution in [3.05, 3.63) is 52.6 Å². The fourth-order valence-electron chi connectivity index (χ4n) is 2.60.